The molecule has 1 saturated carbocycles. The molecule has 2 heteroatoms. The number of carbonyl (C=O) groups is 1. The van der Waals surface area contributed by atoms with E-state index in [9.17, 15) is 4.79 Å². The zero-order chi connectivity index (χ0) is 12.1. The summed E-state index contributed by atoms with van der Waals surface area (Å²) in [4.78, 5) is 12.2. The Morgan fingerprint density at radius 2 is 1.88 bits per heavy atom. The van der Waals surface area contributed by atoms with E-state index in [-0.39, 0.29) is 0 Å². The van der Waals surface area contributed by atoms with Crippen molar-refractivity contribution in [1.82, 2.24) is 0 Å². The standard InChI is InChI=1S/C15H19BrO/c16-14-9-5-6-12(10-14)11-15(17)13-7-3-1-2-4-8-13/h5-6,9-10,13H,1-4,7-8,11H2. The predicted molar refractivity (Wildman–Crippen MR) is 74.0 cm³/mol. The topological polar surface area (TPSA) is 17.1 Å². The minimum atomic E-state index is 0.316. The van der Waals surface area contributed by atoms with Gasteiger partial charge in [0, 0.05) is 16.8 Å². The van der Waals surface area contributed by atoms with E-state index in [1.54, 1.807) is 0 Å². The highest BCUT2D eigenvalue weighted by Gasteiger charge is 2.19. The Labute approximate surface area is 112 Å². The van der Waals surface area contributed by atoms with E-state index in [0.717, 1.165) is 22.9 Å². The van der Waals surface area contributed by atoms with E-state index < -0.39 is 0 Å². The summed E-state index contributed by atoms with van der Waals surface area (Å²) in [5.74, 6) is 0.751. The van der Waals surface area contributed by atoms with Crippen molar-refractivity contribution in [2.24, 2.45) is 5.92 Å². The first-order valence-electron chi connectivity index (χ1n) is 6.53. The van der Waals surface area contributed by atoms with Gasteiger partial charge >= 0.3 is 0 Å². The molecule has 1 aliphatic carbocycles. The van der Waals surface area contributed by atoms with Crippen molar-refractivity contribution in [3.8, 4) is 0 Å². The Morgan fingerprint density at radius 1 is 1.18 bits per heavy atom. The third kappa shape index (κ3) is 3.95. The van der Waals surface area contributed by atoms with Gasteiger partial charge in [-0.3, -0.25) is 4.79 Å². The highest BCUT2D eigenvalue weighted by Crippen LogP contribution is 2.25. The number of Topliss-reactive ketones (excluding diaryl/α,β-unsaturated/α-hetero) is 1. The van der Waals surface area contributed by atoms with Crippen LogP contribution in [-0.2, 0) is 11.2 Å². The average Bonchev–Trinajstić information content (AvgIpc) is 2.57. The van der Waals surface area contributed by atoms with E-state index in [0.29, 0.717) is 18.1 Å². The van der Waals surface area contributed by atoms with Gasteiger partial charge in [0.2, 0.25) is 0 Å². The van der Waals surface area contributed by atoms with Gasteiger partial charge in [-0.1, -0.05) is 53.7 Å². The van der Waals surface area contributed by atoms with Crippen LogP contribution in [0.15, 0.2) is 28.7 Å². The van der Waals surface area contributed by atoms with Crippen LogP contribution in [-0.4, -0.2) is 5.78 Å². The van der Waals surface area contributed by atoms with Gasteiger partial charge in [0.1, 0.15) is 5.78 Å². The van der Waals surface area contributed by atoms with Gasteiger partial charge in [0.05, 0.1) is 0 Å². The lowest BCUT2D eigenvalue weighted by Gasteiger charge is -2.12. The zero-order valence-corrected chi connectivity index (χ0v) is 11.7. The first kappa shape index (κ1) is 12.8. The average molecular weight is 295 g/mol. The molecular weight excluding hydrogens is 276 g/mol. The summed E-state index contributed by atoms with van der Waals surface area (Å²) in [7, 11) is 0. The Balaban J connectivity index is 1.95. The van der Waals surface area contributed by atoms with E-state index in [2.05, 4.69) is 22.0 Å². The number of hydrogen-bond acceptors (Lipinski definition) is 1. The van der Waals surface area contributed by atoms with Crippen LogP contribution in [0.1, 0.15) is 44.1 Å². The van der Waals surface area contributed by atoms with Crippen molar-refractivity contribution in [3.63, 3.8) is 0 Å². The van der Waals surface area contributed by atoms with Crippen LogP contribution >= 0.6 is 15.9 Å². The number of carbonyl (C=O) groups excluding carboxylic acids is 1. The van der Waals surface area contributed by atoms with Crippen molar-refractivity contribution in [2.45, 2.75) is 44.9 Å². The summed E-state index contributed by atoms with van der Waals surface area (Å²) in [5, 5.41) is 0. The normalized spacial score (nSPS) is 17.7. The molecule has 1 fully saturated rings. The fraction of sp³-hybridized carbons (Fsp3) is 0.533. The van der Waals surface area contributed by atoms with Crippen LogP contribution in [0.5, 0.6) is 0 Å². The molecule has 0 saturated heterocycles. The zero-order valence-electron chi connectivity index (χ0n) is 10.1. The molecule has 0 aromatic heterocycles. The van der Waals surface area contributed by atoms with Gasteiger partial charge < -0.3 is 0 Å². The maximum Gasteiger partial charge on any atom is 0.140 e. The summed E-state index contributed by atoms with van der Waals surface area (Å²) in [5.41, 5.74) is 1.13. The smallest absolute Gasteiger partial charge is 0.140 e. The summed E-state index contributed by atoms with van der Waals surface area (Å²) in [6.45, 7) is 0. The minimum absolute atomic E-state index is 0.316. The molecule has 0 amide bonds. The maximum atomic E-state index is 12.2. The quantitative estimate of drug-likeness (QED) is 0.749. The summed E-state index contributed by atoms with van der Waals surface area (Å²) in [6.07, 6.45) is 7.88. The molecule has 17 heavy (non-hydrogen) atoms. The predicted octanol–water partition coefficient (Wildman–Crippen LogP) is 4.53. The van der Waals surface area contributed by atoms with Gasteiger partial charge in [-0.15, -0.1) is 0 Å². The largest absolute Gasteiger partial charge is 0.299 e. The number of rotatable bonds is 3. The molecule has 0 N–H and O–H groups in total. The van der Waals surface area contributed by atoms with Crippen molar-refractivity contribution < 1.29 is 4.79 Å². The SMILES string of the molecule is O=C(Cc1cccc(Br)c1)C1CCCCCC1. The van der Waals surface area contributed by atoms with Crippen molar-refractivity contribution in [3.05, 3.63) is 34.3 Å². The highest BCUT2D eigenvalue weighted by atomic mass is 79.9. The van der Waals surface area contributed by atoms with Gasteiger partial charge in [0.25, 0.3) is 0 Å². The van der Waals surface area contributed by atoms with Crippen LogP contribution < -0.4 is 0 Å². The highest BCUT2D eigenvalue weighted by molar-refractivity contribution is 9.10. The lowest BCUT2D eigenvalue weighted by molar-refractivity contribution is -0.122. The second kappa shape index (κ2) is 6.34. The third-order valence-electron chi connectivity index (χ3n) is 3.58. The second-order valence-electron chi connectivity index (χ2n) is 4.96. The molecule has 1 nitrogen and oxygen atoms in total. The third-order valence-corrected chi connectivity index (χ3v) is 4.07. The number of halogens is 1. The monoisotopic (exact) mass is 294 g/mol. The molecule has 92 valence electrons. The van der Waals surface area contributed by atoms with E-state index in [1.807, 2.05) is 18.2 Å². The van der Waals surface area contributed by atoms with Crippen LogP contribution in [0.3, 0.4) is 0 Å². The molecule has 0 radical (unpaired) electrons. The number of benzene rings is 1. The molecule has 1 aromatic rings. The Morgan fingerprint density at radius 3 is 2.53 bits per heavy atom. The van der Waals surface area contributed by atoms with Gasteiger partial charge in [-0.05, 0) is 30.5 Å². The summed E-state index contributed by atoms with van der Waals surface area (Å²) in [6, 6.07) is 8.09. The molecule has 0 aliphatic heterocycles. The summed E-state index contributed by atoms with van der Waals surface area (Å²) < 4.78 is 1.06. The molecule has 0 bridgehead atoms. The molecule has 0 atom stereocenters. The number of hydrogen-bond donors (Lipinski definition) is 0. The number of ketones is 1. The molecule has 2 rings (SSSR count). The lowest BCUT2D eigenvalue weighted by atomic mass is 9.91. The molecule has 1 aliphatic rings. The first-order chi connectivity index (χ1) is 8.25. The van der Waals surface area contributed by atoms with Crippen molar-refractivity contribution in [2.75, 3.05) is 0 Å². The maximum absolute atomic E-state index is 12.2. The van der Waals surface area contributed by atoms with Crippen molar-refractivity contribution >= 4 is 21.7 Å². The molecular formula is C15H19BrO. The van der Waals surface area contributed by atoms with E-state index >= 15 is 0 Å². The lowest BCUT2D eigenvalue weighted by Crippen LogP contribution is -2.16. The Hall–Kier alpha value is -0.630. The fourth-order valence-corrected chi connectivity index (χ4v) is 3.04. The minimum Gasteiger partial charge on any atom is -0.299 e. The van der Waals surface area contributed by atoms with Gasteiger partial charge in [0.15, 0.2) is 0 Å². The van der Waals surface area contributed by atoms with Crippen LogP contribution in [0.2, 0.25) is 0 Å². The van der Waals surface area contributed by atoms with Gasteiger partial charge in [-0.25, -0.2) is 0 Å². The molecule has 0 heterocycles. The van der Waals surface area contributed by atoms with Crippen molar-refractivity contribution in [1.29, 1.82) is 0 Å². The fourth-order valence-electron chi connectivity index (χ4n) is 2.59. The van der Waals surface area contributed by atoms with Gasteiger partial charge in [-0.2, -0.15) is 0 Å². The van der Waals surface area contributed by atoms with Crippen LogP contribution in [0, 0.1) is 5.92 Å². The first-order valence-corrected chi connectivity index (χ1v) is 7.32. The van der Waals surface area contributed by atoms with E-state index in [1.165, 1.54) is 25.7 Å². The molecule has 1 aromatic carbocycles. The van der Waals surface area contributed by atoms with Crippen LogP contribution in [0.4, 0.5) is 0 Å². The van der Waals surface area contributed by atoms with E-state index in [4.69, 9.17) is 0 Å². The Kier molecular flexibility index (Phi) is 4.78. The van der Waals surface area contributed by atoms with Crippen LogP contribution in [0.25, 0.3) is 0 Å². The molecule has 0 spiro atoms. The Bertz CT molecular complexity index is 378. The summed E-state index contributed by atoms with van der Waals surface area (Å²) >= 11 is 3.45. The second-order valence-corrected chi connectivity index (χ2v) is 5.88. The molecule has 0 unspecified atom stereocenters.